The van der Waals surface area contributed by atoms with Gasteiger partial charge in [0.2, 0.25) is 0 Å². The number of anilines is 1. The highest BCUT2D eigenvalue weighted by Gasteiger charge is 2.18. The standard InChI is InChI=1S/C13H21N3O3/c1-10-7-11(16(17)18)8-14-12(10)15-9-13(2,3)5-6-19-4/h7-8H,5-6,9H2,1-4H3,(H,14,15). The molecule has 0 saturated heterocycles. The average Bonchev–Trinajstić information content (AvgIpc) is 2.35. The second-order valence-corrected chi connectivity index (χ2v) is 5.38. The summed E-state index contributed by atoms with van der Waals surface area (Å²) < 4.78 is 5.08. The van der Waals surface area contributed by atoms with Gasteiger partial charge in [0, 0.05) is 26.3 Å². The van der Waals surface area contributed by atoms with E-state index in [1.807, 2.05) is 6.92 Å². The molecule has 1 heterocycles. The summed E-state index contributed by atoms with van der Waals surface area (Å²) in [6.07, 6.45) is 2.21. The number of hydrogen-bond acceptors (Lipinski definition) is 5. The van der Waals surface area contributed by atoms with Crippen LogP contribution in [0.3, 0.4) is 0 Å². The van der Waals surface area contributed by atoms with Gasteiger partial charge in [0.15, 0.2) is 0 Å². The molecular weight excluding hydrogens is 246 g/mol. The van der Waals surface area contributed by atoms with Crippen LogP contribution < -0.4 is 5.32 Å². The fourth-order valence-corrected chi connectivity index (χ4v) is 1.63. The van der Waals surface area contributed by atoms with E-state index in [0.29, 0.717) is 12.4 Å². The Balaban J connectivity index is 2.65. The van der Waals surface area contributed by atoms with Gasteiger partial charge in [0.25, 0.3) is 5.69 Å². The zero-order valence-electron chi connectivity index (χ0n) is 11.9. The molecule has 0 saturated carbocycles. The molecule has 1 aromatic rings. The van der Waals surface area contributed by atoms with Crippen LogP contribution in [0.15, 0.2) is 12.3 Å². The lowest BCUT2D eigenvalue weighted by Gasteiger charge is -2.25. The van der Waals surface area contributed by atoms with E-state index in [9.17, 15) is 10.1 Å². The van der Waals surface area contributed by atoms with Crippen molar-refractivity contribution in [2.75, 3.05) is 25.6 Å². The van der Waals surface area contributed by atoms with Crippen LogP contribution in [-0.2, 0) is 4.74 Å². The van der Waals surface area contributed by atoms with E-state index in [0.717, 1.165) is 18.5 Å². The maximum Gasteiger partial charge on any atom is 0.287 e. The van der Waals surface area contributed by atoms with Crippen molar-refractivity contribution in [1.29, 1.82) is 0 Å². The van der Waals surface area contributed by atoms with E-state index in [2.05, 4.69) is 24.1 Å². The summed E-state index contributed by atoms with van der Waals surface area (Å²) in [4.78, 5) is 14.3. The number of pyridine rings is 1. The van der Waals surface area contributed by atoms with Crippen LogP contribution in [0.4, 0.5) is 11.5 Å². The Bertz CT molecular complexity index is 447. The lowest BCUT2D eigenvalue weighted by atomic mass is 9.89. The van der Waals surface area contributed by atoms with Gasteiger partial charge < -0.3 is 10.1 Å². The molecule has 0 atom stereocenters. The van der Waals surface area contributed by atoms with Crippen LogP contribution in [0.5, 0.6) is 0 Å². The van der Waals surface area contributed by atoms with Crippen molar-refractivity contribution in [3.8, 4) is 0 Å². The third-order valence-corrected chi connectivity index (χ3v) is 2.99. The first-order chi connectivity index (χ1) is 8.85. The molecule has 6 nitrogen and oxygen atoms in total. The van der Waals surface area contributed by atoms with Crippen molar-refractivity contribution in [3.05, 3.63) is 27.9 Å². The molecule has 0 bridgehead atoms. The smallest absolute Gasteiger partial charge is 0.287 e. The monoisotopic (exact) mass is 267 g/mol. The van der Waals surface area contributed by atoms with Crippen molar-refractivity contribution >= 4 is 11.5 Å². The number of aryl methyl sites for hydroxylation is 1. The summed E-state index contributed by atoms with van der Waals surface area (Å²) in [6, 6.07) is 1.53. The minimum atomic E-state index is -0.438. The zero-order valence-corrected chi connectivity index (χ0v) is 11.9. The molecule has 1 rings (SSSR count). The Hall–Kier alpha value is -1.69. The molecule has 0 radical (unpaired) electrons. The molecule has 6 heteroatoms. The van der Waals surface area contributed by atoms with Gasteiger partial charge in [-0.1, -0.05) is 13.8 Å². The number of rotatable bonds is 7. The molecular formula is C13H21N3O3. The number of nitro groups is 1. The lowest BCUT2D eigenvalue weighted by molar-refractivity contribution is -0.385. The van der Waals surface area contributed by atoms with Crippen molar-refractivity contribution < 1.29 is 9.66 Å². The lowest BCUT2D eigenvalue weighted by Crippen LogP contribution is -2.25. The van der Waals surface area contributed by atoms with Crippen LogP contribution in [0.25, 0.3) is 0 Å². The molecule has 0 aliphatic rings. The summed E-state index contributed by atoms with van der Waals surface area (Å²) in [5.41, 5.74) is 0.866. The van der Waals surface area contributed by atoms with E-state index in [4.69, 9.17) is 4.74 Å². The number of ether oxygens (including phenoxy) is 1. The highest BCUT2D eigenvalue weighted by atomic mass is 16.6. The van der Waals surface area contributed by atoms with E-state index in [1.54, 1.807) is 7.11 Å². The molecule has 0 fully saturated rings. The van der Waals surface area contributed by atoms with Gasteiger partial charge in [-0.15, -0.1) is 0 Å². The maximum absolute atomic E-state index is 10.6. The molecule has 0 unspecified atom stereocenters. The molecule has 0 aliphatic heterocycles. The van der Waals surface area contributed by atoms with Gasteiger partial charge >= 0.3 is 0 Å². The first-order valence-electron chi connectivity index (χ1n) is 6.19. The third kappa shape index (κ3) is 4.82. The van der Waals surface area contributed by atoms with Gasteiger partial charge in [-0.2, -0.15) is 0 Å². The maximum atomic E-state index is 10.6. The van der Waals surface area contributed by atoms with Crippen LogP contribution in [0.2, 0.25) is 0 Å². The molecule has 0 aliphatic carbocycles. The fraction of sp³-hybridized carbons (Fsp3) is 0.615. The van der Waals surface area contributed by atoms with Crippen molar-refractivity contribution in [3.63, 3.8) is 0 Å². The minimum Gasteiger partial charge on any atom is -0.385 e. The van der Waals surface area contributed by atoms with Gasteiger partial charge in [-0.25, -0.2) is 4.98 Å². The van der Waals surface area contributed by atoms with Gasteiger partial charge in [0.05, 0.1) is 4.92 Å². The van der Waals surface area contributed by atoms with Crippen molar-refractivity contribution in [2.45, 2.75) is 27.2 Å². The molecule has 1 aromatic heterocycles. The molecule has 0 aromatic carbocycles. The number of methoxy groups -OCH3 is 1. The summed E-state index contributed by atoms with van der Waals surface area (Å²) in [5, 5.41) is 13.9. The summed E-state index contributed by atoms with van der Waals surface area (Å²) in [7, 11) is 1.69. The topological polar surface area (TPSA) is 77.3 Å². The number of hydrogen-bond donors (Lipinski definition) is 1. The highest BCUT2D eigenvalue weighted by Crippen LogP contribution is 2.23. The Kier molecular flexibility index (Phi) is 5.23. The number of nitrogens with zero attached hydrogens (tertiary/aromatic N) is 2. The fourth-order valence-electron chi connectivity index (χ4n) is 1.63. The molecule has 19 heavy (non-hydrogen) atoms. The van der Waals surface area contributed by atoms with Crippen molar-refractivity contribution in [1.82, 2.24) is 4.98 Å². The van der Waals surface area contributed by atoms with Gasteiger partial charge in [0.1, 0.15) is 12.0 Å². The summed E-state index contributed by atoms with van der Waals surface area (Å²) in [5.74, 6) is 0.691. The largest absolute Gasteiger partial charge is 0.385 e. The van der Waals surface area contributed by atoms with Crippen LogP contribution in [-0.4, -0.2) is 30.2 Å². The first kappa shape index (κ1) is 15.4. The number of aromatic nitrogens is 1. The first-order valence-corrected chi connectivity index (χ1v) is 6.19. The predicted octanol–water partition coefficient (Wildman–Crippen LogP) is 2.77. The van der Waals surface area contributed by atoms with E-state index in [-0.39, 0.29) is 11.1 Å². The van der Waals surface area contributed by atoms with Crippen LogP contribution in [0.1, 0.15) is 25.8 Å². The van der Waals surface area contributed by atoms with Gasteiger partial charge in [-0.05, 0) is 24.3 Å². The Morgan fingerprint density at radius 1 is 1.53 bits per heavy atom. The third-order valence-electron chi connectivity index (χ3n) is 2.99. The predicted molar refractivity (Wildman–Crippen MR) is 74.4 cm³/mol. The molecule has 1 N–H and O–H groups in total. The minimum absolute atomic E-state index is 0.0155. The normalized spacial score (nSPS) is 11.4. The second kappa shape index (κ2) is 6.47. The molecule has 0 spiro atoms. The quantitative estimate of drug-likeness (QED) is 0.607. The summed E-state index contributed by atoms with van der Waals surface area (Å²) in [6.45, 7) is 7.54. The van der Waals surface area contributed by atoms with E-state index < -0.39 is 4.92 Å². The molecule has 0 amide bonds. The van der Waals surface area contributed by atoms with Gasteiger partial charge in [-0.3, -0.25) is 10.1 Å². The highest BCUT2D eigenvalue weighted by molar-refractivity contribution is 5.48. The number of nitrogens with one attached hydrogen (secondary N) is 1. The Morgan fingerprint density at radius 2 is 2.21 bits per heavy atom. The van der Waals surface area contributed by atoms with E-state index >= 15 is 0 Å². The van der Waals surface area contributed by atoms with E-state index in [1.165, 1.54) is 12.3 Å². The van der Waals surface area contributed by atoms with Crippen LogP contribution >= 0.6 is 0 Å². The SMILES string of the molecule is COCCC(C)(C)CNc1ncc([N+](=O)[O-])cc1C. The average molecular weight is 267 g/mol. The summed E-state index contributed by atoms with van der Waals surface area (Å²) >= 11 is 0. The van der Waals surface area contributed by atoms with Crippen LogP contribution in [0, 0.1) is 22.5 Å². The van der Waals surface area contributed by atoms with Crippen molar-refractivity contribution in [2.24, 2.45) is 5.41 Å². The second-order valence-electron chi connectivity index (χ2n) is 5.38. The zero-order chi connectivity index (χ0) is 14.5. The Morgan fingerprint density at radius 3 is 2.74 bits per heavy atom. The Labute approximate surface area is 113 Å². The molecule has 106 valence electrons.